The predicted molar refractivity (Wildman–Crippen MR) is 92.9 cm³/mol. The van der Waals surface area contributed by atoms with Crippen LogP contribution in [0.2, 0.25) is 0 Å². The molecule has 126 valence electrons. The number of hydrogen-bond donors (Lipinski definition) is 3. The van der Waals surface area contributed by atoms with E-state index in [1.807, 2.05) is 26.0 Å². The molecule has 3 rings (SSSR count). The van der Waals surface area contributed by atoms with Gasteiger partial charge in [0.2, 0.25) is 0 Å². The highest BCUT2D eigenvalue weighted by molar-refractivity contribution is 5.99. The van der Waals surface area contributed by atoms with Crippen LogP contribution in [-0.4, -0.2) is 32.3 Å². The molecule has 0 fully saturated rings. The topological polar surface area (TPSA) is 82.9 Å². The number of nitrogens with zero attached hydrogens (tertiary/aromatic N) is 2. The Morgan fingerprint density at radius 2 is 2.12 bits per heavy atom. The van der Waals surface area contributed by atoms with Crippen LogP contribution in [0.4, 0.5) is 0 Å². The summed E-state index contributed by atoms with van der Waals surface area (Å²) in [6.07, 6.45) is 3.34. The Labute approximate surface area is 140 Å². The minimum atomic E-state index is -1.18. The molecule has 0 radical (unpaired) electrons. The summed E-state index contributed by atoms with van der Waals surface area (Å²) in [5, 5.41) is 18.4. The summed E-state index contributed by atoms with van der Waals surface area (Å²) in [5.41, 5.74) is 3.18. The smallest absolute Gasteiger partial charge is 0.267 e. The number of aryl methyl sites for hydroxylation is 3. The van der Waals surface area contributed by atoms with Gasteiger partial charge in [-0.2, -0.15) is 5.10 Å². The monoisotopic (exact) mass is 326 g/mol. The van der Waals surface area contributed by atoms with E-state index in [4.69, 9.17) is 0 Å². The average Bonchev–Trinajstić information content (AvgIpc) is 3.11. The highest BCUT2D eigenvalue weighted by Crippen LogP contribution is 2.22. The third-order valence-electron chi connectivity index (χ3n) is 4.25. The number of hydrogen-bond acceptors (Lipinski definition) is 3. The van der Waals surface area contributed by atoms with Crippen LogP contribution in [0.15, 0.2) is 30.6 Å². The fraction of sp³-hybridized carbons (Fsp3) is 0.333. The number of fused-ring (bicyclic) bond motifs is 1. The molecule has 0 saturated carbocycles. The Hall–Kier alpha value is -2.60. The summed E-state index contributed by atoms with van der Waals surface area (Å²) < 4.78 is 1.62. The maximum absolute atomic E-state index is 12.4. The van der Waals surface area contributed by atoms with Crippen LogP contribution < -0.4 is 5.32 Å². The number of aromatic amines is 1. The van der Waals surface area contributed by atoms with Gasteiger partial charge in [0, 0.05) is 29.7 Å². The molecular weight excluding hydrogens is 304 g/mol. The van der Waals surface area contributed by atoms with Gasteiger partial charge in [-0.1, -0.05) is 6.07 Å². The SMILES string of the molecule is Cc1cc(C)c2cc(C(=O)NCC(C)(O)c3cnn(C)c3)[nH]c2c1. The molecule has 0 aliphatic rings. The van der Waals surface area contributed by atoms with Gasteiger partial charge in [-0.25, -0.2) is 0 Å². The van der Waals surface area contributed by atoms with Crippen molar-refractivity contribution in [2.75, 3.05) is 6.54 Å². The van der Waals surface area contributed by atoms with Gasteiger partial charge >= 0.3 is 0 Å². The maximum Gasteiger partial charge on any atom is 0.267 e. The van der Waals surface area contributed by atoms with E-state index in [1.165, 1.54) is 0 Å². The molecular formula is C18H22N4O2. The lowest BCUT2D eigenvalue weighted by molar-refractivity contribution is 0.0524. The van der Waals surface area contributed by atoms with Crippen LogP contribution in [0.25, 0.3) is 10.9 Å². The molecule has 24 heavy (non-hydrogen) atoms. The van der Waals surface area contributed by atoms with Crippen molar-refractivity contribution in [3.8, 4) is 0 Å². The maximum atomic E-state index is 12.4. The van der Waals surface area contributed by atoms with Gasteiger partial charge in [0.05, 0.1) is 12.7 Å². The Bertz CT molecular complexity index is 905. The number of nitrogens with one attached hydrogen (secondary N) is 2. The number of carbonyl (C=O) groups excluding carboxylic acids is 1. The van der Waals surface area contributed by atoms with E-state index in [-0.39, 0.29) is 12.5 Å². The molecule has 0 aliphatic heterocycles. The first-order valence-electron chi connectivity index (χ1n) is 7.86. The van der Waals surface area contributed by atoms with Crippen molar-refractivity contribution in [2.24, 2.45) is 7.05 Å². The lowest BCUT2D eigenvalue weighted by Gasteiger charge is -2.22. The van der Waals surface area contributed by atoms with Crippen LogP contribution >= 0.6 is 0 Å². The minimum absolute atomic E-state index is 0.102. The zero-order chi connectivity index (χ0) is 17.5. The lowest BCUT2D eigenvalue weighted by Crippen LogP contribution is -2.38. The van der Waals surface area contributed by atoms with Gasteiger partial charge in [0.15, 0.2) is 0 Å². The van der Waals surface area contributed by atoms with Crippen molar-refractivity contribution < 1.29 is 9.90 Å². The van der Waals surface area contributed by atoms with E-state index < -0.39 is 5.60 Å². The summed E-state index contributed by atoms with van der Waals surface area (Å²) in [5.74, 6) is -0.243. The Morgan fingerprint density at radius 1 is 1.38 bits per heavy atom. The van der Waals surface area contributed by atoms with Gasteiger partial charge in [0.1, 0.15) is 11.3 Å². The third kappa shape index (κ3) is 3.05. The van der Waals surface area contributed by atoms with Gasteiger partial charge in [-0.05, 0) is 44.0 Å². The van der Waals surface area contributed by atoms with Crippen LogP contribution in [0.3, 0.4) is 0 Å². The summed E-state index contributed by atoms with van der Waals surface area (Å²) in [6, 6.07) is 5.95. The first-order valence-corrected chi connectivity index (χ1v) is 7.86. The van der Waals surface area contributed by atoms with E-state index >= 15 is 0 Å². The molecule has 1 aromatic carbocycles. The highest BCUT2D eigenvalue weighted by Gasteiger charge is 2.26. The number of carbonyl (C=O) groups is 1. The van der Waals surface area contributed by atoms with Crippen molar-refractivity contribution in [1.82, 2.24) is 20.1 Å². The van der Waals surface area contributed by atoms with E-state index in [1.54, 1.807) is 31.0 Å². The first kappa shape index (κ1) is 16.3. The van der Waals surface area contributed by atoms with E-state index in [2.05, 4.69) is 21.5 Å². The van der Waals surface area contributed by atoms with Gasteiger partial charge in [-0.3, -0.25) is 9.48 Å². The van der Waals surface area contributed by atoms with E-state index in [0.29, 0.717) is 11.3 Å². The highest BCUT2D eigenvalue weighted by atomic mass is 16.3. The normalized spacial score (nSPS) is 13.9. The summed E-state index contributed by atoms with van der Waals surface area (Å²) in [6.45, 7) is 5.81. The Morgan fingerprint density at radius 3 is 2.79 bits per heavy atom. The molecule has 3 N–H and O–H groups in total. The minimum Gasteiger partial charge on any atom is -0.383 e. The van der Waals surface area contributed by atoms with Crippen molar-refractivity contribution in [1.29, 1.82) is 0 Å². The quantitative estimate of drug-likeness (QED) is 0.687. The Balaban J connectivity index is 1.76. The van der Waals surface area contributed by atoms with E-state index in [9.17, 15) is 9.90 Å². The van der Waals surface area contributed by atoms with Gasteiger partial charge in [0.25, 0.3) is 5.91 Å². The standard InChI is InChI=1S/C18H22N4O2/c1-11-5-12(2)14-7-16(21-15(14)6-11)17(23)19-10-18(3,24)13-8-20-22(4)9-13/h5-9,21,24H,10H2,1-4H3,(H,19,23). The molecule has 1 unspecified atom stereocenters. The molecule has 2 aromatic heterocycles. The summed E-state index contributed by atoms with van der Waals surface area (Å²) >= 11 is 0. The second kappa shape index (κ2) is 5.79. The summed E-state index contributed by atoms with van der Waals surface area (Å²) in [4.78, 5) is 15.6. The number of aromatic nitrogens is 3. The molecule has 1 amide bonds. The molecule has 3 aromatic rings. The molecule has 6 nitrogen and oxygen atoms in total. The molecule has 0 aliphatic carbocycles. The first-order chi connectivity index (χ1) is 11.3. The number of rotatable bonds is 4. The molecule has 6 heteroatoms. The molecule has 1 atom stereocenters. The summed E-state index contributed by atoms with van der Waals surface area (Å²) in [7, 11) is 1.78. The molecule has 0 saturated heterocycles. The molecule has 0 bridgehead atoms. The fourth-order valence-electron chi connectivity index (χ4n) is 2.87. The van der Waals surface area contributed by atoms with Crippen molar-refractivity contribution in [3.05, 3.63) is 53.0 Å². The van der Waals surface area contributed by atoms with Gasteiger partial charge < -0.3 is 15.4 Å². The van der Waals surface area contributed by atoms with Crippen LogP contribution in [0.5, 0.6) is 0 Å². The number of H-pyrrole nitrogens is 1. The zero-order valence-corrected chi connectivity index (χ0v) is 14.3. The number of aliphatic hydroxyl groups is 1. The molecule has 2 heterocycles. The Kier molecular flexibility index (Phi) is 3.93. The van der Waals surface area contributed by atoms with Gasteiger partial charge in [-0.15, -0.1) is 0 Å². The second-order valence-electron chi connectivity index (χ2n) is 6.59. The van der Waals surface area contributed by atoms with Crippen molar-refractivity contribution in [2.45, 2.75) is 26.4 Å². The van der Waals surface area contributed by atoms with Crippen molar-refractivity contribution in [3.63, 3.8) is 0 Å². The molecule has 0 spiro atoms. The predicted octanol–water partition coefficient (Wildman–Crippen LogP) is 2.16. The number of amides is 1. The second-order valence-corrected chi connectivity index (χ2v) is 6.59. The average molecular weight is 326 g/mol. The van der Waals surface area contributed by atoms with Crippen molar-refractivity contribution >= 4 is 16.8 Å². The van der Waals surface area contributed by atoms with Crippen LogP contribution in [0, 0.1) is 13.8 Å². The van der Waals surface area contributed by atoms with Crippen LogP contribution in [-0.2, 0) is 12.6 Å². The fourth-order valence-corrected chi connectivity index (χ4v) is 2.87. The zero-order valence-electron chi connectivity index (χ0n) is 14.3. The largest absolute Gasteiger partial charge is 0.383 e. The van der Waals surface area contributed by atoms with E-state index in [0.717, 1.165) is 22.0 Å². The van der Waals surface area contributed by atoms with Crippen LogP contribution in [0.1, 0.15) is 34.1 Å². The lowest BCUT2D eigenvalue weighted by atomic mass is 10.00. The number of benzene rings is 1. The third-order valence-corrected chi connectivity index (χ3v) is 4.25.